The SMILES string of the molecule is COc1ccccc1CN1CCN(C(C)=O)CC1. The molecule has 0 spiro atoms. The number of para-hydroxylation sites is 1. The second-order valence-electron chi connectivity index (χ2n) is 4.59. The van der Waals surface area contributed by atoms with Crippen molar-refractivity contribution in [3.63, 3.8) is 0 Å². The molecule has 4 heteroatoms. The molecule has 98 valence electrons. The van der Waals surface area contributed by atoms with Gasteiger partial charge in [-0.15, -0.1) is 0 Å². The Balaban J connectivity index is 1.93. The normalized spacial score (nSPS) is 16.7. The fraction of sp³-hybridized carbons (Fsp3) is 0.500. The third-order valence-electron chi connectivity index (χ3n) is 3.40. The van der Waals surface area contributed by atoms with Crippen LogP contribution in [0.5, 0.6) is 5.75 Å². The Labute approximate surface area is 108 Å². The van der Waals surface area contributed by atoms with E-state index >= 15 is 0 Å². The summed E-state index contributed by atoms with van der Waals surface area (Å²) in [5.74, 6) is 1.11. The van der Waals surface area contributed by atoms with Crippen LogP contribution >= 0.6 is 0 Å². The number of carbonyl (C=O) groups excluding carboxylic acids is 1. The predicted molar refractivity (Wildman–Crippen MR) is 70.5 cm³/mol. The summed E-state index contributed by atoms with van der Waals surface area (Å²) in [6.07, 6.45) is 0. The van der Waals surface area contributed by atoms with E-state index in [-0.39, 0.29) is 5.91 Å². The molecule has 1 aliphatic heterocycles. The number of carbonyl (C=O) groups is 1. The van der Waals surface area contributed by atoms with E-state index in [0.717, 1.165) is 38.5 Å². The Morgan fingerprint density at radius 3 is 2.50 bits per heavy atom. The Hall–Kier alpha value is -1.55. The second-order valence-corrected chi connectivity index (χ2v) is 4.59. The van der Waals surface area contributed by atoms with Crippen LogP contribution in [0.2, 0.25) is 0 Å². The summed E-state index contributed by atoms with van der Waals surface area (Å²) in [7, 11) is 1.70. The molecule has 0 radical (unpaired) electrons. The van der Waals surface area contributed by atoms with Crippen LogP contribution < -0.4 is 4.74 Å². The molecule has 1 heterocycles. The minimum Gasteiger partial charge on any atom is -0.496 e. The monoisotopic (exact) mass is 248 g/mol. The van der Waals surface area contributed by atoms with Gasteiger partial charge in [-0.1, -0.05) is 18.2 Å². The second kappa shape index (κ2) is 5.87. The van der Waals surface area contributed by atoms with Gasteiger partial charge < -0.3 is 9.64 Å². The van der Waals surface area contributed by atoms with E-state index in [1.165, 1.54) is 5.56 Å². The van der Waals surface area contributed by atoms with Gasteiger partial charge in [0, 0.05) is 45.2 Å². The molecule has 0 saturated carbocycles. The van der Waals surface area contributed by atoms with Crippen molar-refractivity contribution in [3.8, 4) is 5.75 Å². The molecule has 0 aromatic heterocycles. The Kier molecular flexibility index (Phi) is 4.20. The fourth-order valence-electron chi connectivity index (χ4n) is 2.30. The highest BCUT2D eigenvalue weighted by Crippen LogP contribution is 2.19. The van der Waals surface area contributed by atoms with Crippen molar-refractivity contribution in [2.24, 2.45) is 0 Å². The van der Waals surface area contributed by atoms with Gasteiger partial charge >= 0.3 is 0 Å². The van der Waals surface area contributed by atoms with Gasteiger partial charge in [0.25, 0.3) is 0 Å². The van der Waals surface area contributed by atoms with Crippen LogP contribution in [0.1, 0.15) is 12.5 Å². The summed E-state index contributed by atoms with van der Waals surface area (Å²) in [6, 6.07) is 8.09. The molecule has 0 unspecified atom stereocenters. The number of hydrogen-bond acceptors (Lipinski definition) is 3. The molecule has 0 N–H and O–H groups in total. The van der Waals surface area contributed by atoms with Crippen molar-refractivity contribution in [2.45, 2.75) is 13.5 Å². The highest BCUT2D eigenvalue weighted by molar-refractivity contribution is 5.73. The van der Waals surface area contributed by atoms with Crippen LogP contribution in [-0.4, -0.2) is 49.0 Å². The number of benzene rings is 1. The lowest BCUT2D eigenvalue weighted by atomic mass is 10.1. The van der Waals surface area contributed by atoms with Crippen molar-refractivity contribution in [2.75, 3.05) is 33.3 Å². The summed E-state index contributed by atoms with van der Waals surface area (Å²) < 4.78 is 5.36. The number of piperazine rings is 1. The van der Waals surface area contributed by atoms with Crippen LogP contribution in [0.3, 0.4) is 0 Å². The lowest BCUT2D eigenvalue weighted by molar-refractivity contribution is -0.130. The lowest BCUT2D eigenvalue weighted by Gasteiger charge is -2.34. The Morgan fingerprint density at radius 2 is 1.89 bits per heavy atom. The highest BCUT2D eigenvalue weighted by atomic mass is 16.5. The first-order valence-electron chi connectivity index (χ1n) is 6.30. The first kappa shape index (κ1) is 12.9. The molecule has 1 amide bonds. The predicted octanol–water partition coefficient (Wildman–Crippen LogP) is 1.36. The van der Waals surface area contributed by atoms with Crippen LogP contribution in [0.15, 0.2) is 24.3 Å². The summed E-state index contributed by atoms with van der Waals surface area (Å²) in [6.45, 7) is 6.02. The summed E-state index contributed by atoms with van der Waals surface area (Å²) >= 11 is 0. The van der Waals surface area contributed by atoms with Gasteiger partial charge in [-0.05, 0) is 6.07 Å². The lowest BCUT2D eigenvalue weighted by Crippen LogP contribution is -2.47. The molecular formula is C14H20N2O2. The van der Waals surface area contributed by atoms with Crippen molar-refractivity contribution >= 4 is 5.91 Å². The van der Waals surface area contributed by atoms with Gasteiger partial charge in [-0.3, -0.25) is 9.69 Å². The third kappa shape index (κ3) is 3.01. The van der Waals surface area contributed by atoms with Crippen LogP contribution in [0.25, 0.3) is 0 Å². The quantitative estimate of drug-likeness (QED) is 0.809. The Morgan fingerprint density at radius 1 is 1.22 bits per heavy atom. The molecule has 4 nitrogen and oxygen atoms in total. The zero-order chi connectivity index (χ0) is 13.0. The topological polar surface area (TPSA) is 32.8 Å². The smallest absolute Gasteiger partial charge is 0.219 e. The molecule has 18 heavy (non-hydrogen) atoms. The summed E-state index contributed by atoms with van der Waals surface area (Å²) in [4.78, 5) is 15.5. The number of rotatable bonds is 3. The molecule has 1 aromatic rings. The van der Waals surface area contributed by atoms with Crippen molar-refractivity contribution < 1.29 is 9.53 Å². The maximum Gasteiger partial charge on any atom is 0.219 e. The standard InChI is InChI=1S/C14H20N2O2/c1-12(17)16-9-7-15(8-10-16)11-13-5-3-4-6-14(13)18-2/h3-6H,7-11H2,1-2H3. The molecule has 0 bridgehead atoms. The number of amides is 1. The van der Waals surface area contributed by atoms with Crippen molar-refractivity contribution in [1.82, 2.24) is 9.80 Å². The average molecular weight is 248 g/mol. The number of ether oxygens (including phenoxy) is 1. The molecule has 0 aliphatic carbocycles. The Bertz CT molecular complexity index is 412. The number of nitrogens with zero attached hydrogens (tertiary/aromatic N) is 2. The van der Waals surface area contributed by atoms with E-state index in [1.807, 2.05) is 23.1 Å². The fourth-order valence-corrected chi connectivity index (χ4v) is 2.30. The zero-order valence-electron chi connectivity index (χ0n) is 11.1. The van der Waals surface area contributed by atoms with Crippen LogP contribution in [0.4, 0.5) is 0 Å². The minimum atomic E-state index is 0.173. The zero-order valence-corrected chi connectivity index (χ0v) is 11.1. The molecule has 1 saturated heterocycles. The van der Waals surface area contributed by atoms with Gasteiger partial charge in [0.15, 0.2) is 0 Å². The van der Waals surface area contributed by atoms with E-state index < -0.39 is 0 Å². The van der Waals surface area contributed by atoms with Gasteiger partial charge in [0.2, 0.25) is 5.91 Å². The highest BCUT2D eigenvalue weighted by Gasteiger charge is 2.19. The largest absolute Gasteiger partial charge is 0.496 e. The average Bonchev–Trinajstić information content (AvgIpc) is 2.40. The maximum atomic E-state index is 11.3. The van der Waals surface area contributed by atoms with Crippen molar-refractivity contribution in [3.05, 3.63) is 29.8 Å². The maximum absolute atomic E-state index is 11.3. The molecule has 2 rings (SSSR count). The summed E-state index contributed by atoms with van der Waals surface area (Å²) in [5.41, 5.74) is 1.20. The van der Waals surface area contributed by atoms with Gasteiger partial charge in [0.05, 0.1) is 7.11 Å². The number of hydrogen-bond donors (Lipinski definition) is 0. The molecule has 0 atom stereocenters. The molecular weight excluding hydrogens is 228 g/mol. The first-order valence-corrected chi connectivity index (χ1v) is 6.30. The molecule has 1 fully saturated rings. The third-order valence-corrected chi connectivity index (χ3v) is 3.40. The van der Waals surface area contributed by atoms with Crippen LogP contribution in [-0.2, 0) is 11.3 Å². The molecule has 1 aromatic carbocycles. The minimum absolute atomic E-state index is 0.173. The molecule has 1 aliphatic rings. The van der Waals surface area contributed by atoms with Gasteiger partial charge in [-0.25, -0.2) is 0 Å². The van der Waals surface area contributed by atoms with E-state index in [4.69, 9.17) is 4.74 Å². The number of methoxy groups -OCH3 is 1. The van der Waals surface area contributed by atoms with E-state index in [0.29, 0.717) is 0 Å². The van der Waals surface area contributed by atoms with E-state index in [1.54, 1.807) is 14.0 Å². The van der Waals surface area contributed by atoms with Gasteiger partial charge in [-0.2, -0.15) is 0 Å². The summed E-state index contributed by atoms with van der Waals surface area (Å²) in [5, 5.41) is 0. The van der Waals surface area contributed by atoms with E-state index in [2.05, 4.69) is 11.0 Å². The first-order chi connectivity index (χ1) is 8.70. The van der Waals surface area contributed by atoms with Gasteiger partial charge in [0.1, 0.15) is 5.75 Å². The van der Waals surface area contributed by atoms with E-state index in [9.17, 15) is 4.79 Å². The van der Waals surface area contributed by atoms with Crippen molar-refractivity contribution in [1.29, 1.82) is 0 Å². The van der Waals surface area contributed by atoms with Crippen LogP contribution in [0, 0.1) is 0 Å².